The molecule has 1 heterocycles. The van der Waals surface area contributed by atoms with Crippen molar-refractivity contribution in [2.45, 2.75) is 52.1 Å². The maximum absolute atomic E-state index is 5.55. The third-order valence-electron chi connectivity index (χ3n) is 4.03. The van der Waals surface area contributed by atoms with E-state index in [1.165, 1.54) is 18.4 Å². The van der Waals surface area contributed by atoms with Crippen LogP contribution in [0.2, 0.25) is 0 Å². The third kappa shape index (κ3) is 6.28. The van der Waals surface area contributed by atoms with Crippen LogP contribution in [0.4, 0.5) is 0 Å². The number of nitrogens with zero attached hydrogens (tertiary/aromatic N) is 1. The van der Waals surface area contributed by atoms with Crippen molar-refractivity contribution in [3.05, 3.63) is 35.4 Å². The van der Waals surface area contributed by atoms with Gasteiger partial charge in [-0.25, -0.2) is 0 Å². The minimum Gasteiger partial charge on any atom is -0.376 e. The first-order chi connectivity index (χ1) is 11.2. The molecule has 0 bridgehead atoms. The summed E-state index contributed by atoms with van der Waals surface area (Å²) < 4.78 is 5.55. The Hall–Kier alpha value is -1.46. The number of aryl methyl sites for hydroxylation is 1. The number of rotatable bonds is 7. The molecule has 4 nitrogen and oxygen atoms in total. The summed E-state index contributed by atoms with van der Waals surface area (Å²) in [5, 5.41) is 8.05. The Bertz CT molecular complexity index is 522. The molecule has 0 aliphatic carbocycles. The van der Waals surface area contributed by atoms with Crippen LogP contribution in [0, 0.1) is 0 Å². The van der Waals surface area contributed by atoms with Crippen LogP contribution in [0.3, 0.4) is 0 Å². The molecule has 1 aliphatic heterocycles. The molecule has 0 spiro atoms. The largest absolute Gasteiger partial charge is 0.376 e. The smallest absolute Gasteiger partial charge is 0.187 e. The van der Waals surface area contributed by atoms with E-state index in [0.29, 0.717) is 5.11 Å². The fourth-order valence-electron chi connectivity index (χ4n) is 2.54. The zero-order valence-corrected chi connectivity index (χ0v) is 14.9. The van der Waals surface area contributed by atoms with Gasteiger partial charge >= 0.3 is 0 Å². The monoisotopic (exact) mass is 333 g/mol. The van der Waals surface area contributed by atoms with E-state index in [-0.39, 0.29) is 6.10 Å². The van der Waals surface area contributed by atoms with Crippen LogP contribution < -0.4 is 10.7 Å². The molecule has 1 saturated heterocycles. The Balaban J connectivity index is 1.77. The molecular formula is C18H27N3OS. The lowest BCUT2D eigenvalue weighted by molar-refractivity contribution is 0.114. The van der Waals surface area contributed by atoms with E-state index in [1.807, 2.05) is 6.92 Å². The second-order valence-corrected chi connectivity index (χ2v) is 6.36. The maximum Gasteiger partial charge on any atom is 0.187 e. The van der Waals surface area contributed by atoms with Gasteiger partial charge in [0.15, 0.2) is 5.11 Å². The summed E-state index contributed by atoms with van der Waals surface area (Å²) in [5.74, 6) is 0. The van der Waals surface area contributed by atoms with Crippen molar-refractivity contribution in [3.63, 3.8) is 0 Å². The quantitative estimate of drug-likeness (QED) is 0.456. The zero-order valence-electron chi connectivity index (χ0n) is 14.1. The van der Waals surface area contributed by atoms with E-state index in [9.17, 15) is 0 Å². The highest BCUT2D eigenvalue weighted by atomic mass is 32.1. The molecule has 23 heavy (non-hydrogen) atoms. The second kappa shape index (κ2) is 9.63. The summed E-state index contributed by atoms with van der Waals surface area (Å²) in [6.07, 6.45) is 6.11. The third-order valence-corrected chi connectivity index (χ3v) is 4.27. The highest BCUT2D eigenvalue weighted by Gasteiger charge is 2.15. The fourth-order valence-corrected chi connectivity index (χ4v) is 2.67. The minimum absolute atomic E-state index is 0.274. The number of hydrazone groups is 1. The van der Waals surface area contributed by atoms with Crippen LogP contribution in [0.1, 0.15) is 50.7 Å². The van der Waals surface area contributed by atoms with Crippen LogP contribution >= 0.6 is 12.2 Å². The minimum atomic E-state index is 0.274. The molecule has 126 valence electrons. The van der Waals surface area contributed by atoms with Crippen LogP contribution in [-0.4, -0.2) is 30.1 Å². The van der Waals surface area contributed by atoms with E-state index in [0.717, 1.165) is 43.7 Å². The van der Waals surface area contributed by atoms with Crippen molar-refractivity contribution in [1.29, 1.82) is 0 Å². The predicted molar refractivity (Wildman–Crippen MR) is 100.0 cm³/mol. The van der Waals surface area contributed by atoms with Gasteiger partial charge in [0.1, 0.15) is 0 Å². The summed E-state index contributed by atoms with van der Waals surface area (Å²) in [6, 6.07) is 8.60. The number of benzene rings is 1. The summed E-state index contributed by atoms with van der Waals surface area (Å²) >= 11 is 5.24. The SMILES string of the molecule is CCCCc1ccc(/C(C)=N\NC(=S)NC[C@@H]2CCCO2)cc1. The van der Waals surface area contributed by atoms with E-state index in [1.54, 1.807) is 0 Å². The van der Waals surface area contributed by atoms with Gasteiger partial charge in [0.25, 0.3) is 0 Å². The van der Waals surface area contributed by atoms with Gasteiger partial charge in [-0.15, -0.1) is 0 Å². The van der Waals surface area contributed by atoms with Gasteiger partial charge in [0.2, 0.25) is 0 Å². The molecule has 1 aliphatic rings. The van der Waals surface area contributed by atoms with Gasteiger partial charge in [-0.05, 0) is 56.0 Å². The summed E-state index contributed by atoms with van der Waals surface area (Å²) in [7, 11) is 0. The number of hydrogen-bond acceptors (Lipinski definition) is 3. The molecule has 0 saturated carbocycles. The molecule has 1 aromatic carbocycles. The van der Waals surface area contributed by atoms with E-state index < -0.39 is 0 Å². The number of ether oxygens (including phenoxy) is 1. The van der Waals surface area contributed by atoms with Gasteiger partial charge < -0.3 is 10.1 Å². The first-order valence-electron chi connectivity index (χ1n) is 8.48. The number of hydrogen-bond donors (Lipinski definition) is 2. The Labute approximate surface area is 144 Å². The first-order valence-corrected chi connectivity index (χ1v) is 8.89. The van der Waals surface area contributed by atoms with Crippen molar-refractivity contribution in [2.75, 3.05) is 13.2 Å². The molecule has 1 fully saturated rings. The van der Waals surface area contributed by atoms with Gasteiger partial charge in [0.05, 0.1) is 11.8 Å². The van der Waals surface area contributed by atoms with Crippen LogP contribution in [0.25, 0.3) is 0 Å². The van der Waals surface area contributed by atoms with E-state index >= 15 is 0 Å². The van der Waals surface area contributed by atoms with Crippen LogP contribution in [0.15, 0.2) is 29.4 Å². The topological polar surface area (TPSA) is 45.7 Å². The summed E-state index contributed by atoms with van der Waals surface area (Å²) in [5.41, 5.74) is 6.32. The van der Waals surface area contributed by atoms with Gasteiger partial charge in [0, 0.05) is 13.2 Å². The van der Waals surface area contributed by atoms with Crippen molar-refractivity contribution in [2.24, 2.45) is 5.10 Å². The second-order valence-electron chi connectivity index (χ2n) is 5.95. The van der Waals surface area contributed by atoms with Gasteiger partial charge in [-0.2, -0.15) is 5.10 Å². The van der Waals surface area contributed by atoms with Crippen LogP contribution in [-0.2, 0) is 11.2 Å². The normalized spacial score (nSPS) is 18.0. The van der Waals surface area contributed by atoms with Gasteiger partial charge in [-0.3, -0.25) is 5.43 Å². The van der Waals surface area contributed by atoms with Gasteiger partial charge in [-0.1, -0.05) is 37.6 Å². The lowest BCUT2D eigenvalue weighted by atomic mass is 10.0. The molecule has 0 radical (unpaired) electrons. The average molecular weight is 334 g/mol. The molecule has 2 rings (SSSR count). The highest BCUT2D eigenvalue weighted by Crippen LogP contribution is 2.10. The Morgan fingerprint density at radius 3 is 2.78 bits per heavy atom. The fraction of sp³-hybridized carbons (Fsp3) is 0.556. The molecule has 5 heteroatoms. The zero-order chi connectivity index (χ0) is 16.5. The van der Waals surface area contributed by atoms with Crippen molar-refractivity contribution >= 4 is 23.0 Å². The molecule has 0 unspecified atom stereocenters. The molecule has 1 atom stereocenters. The predicted octanol–water partition coefficient (Wildman–Crippen LogP) is 3.40. The maximum atomic E-state index is 5.55. The average Bonchev–Trinajstić information content (AvgIpc) is 3.10. The Morgan fingerprint density at radius 2 is 2.13 bits per heavy atom. The van der Waals surface area contributed by atoms with Crippen molar-refractivity contribution in [3.8, 4) is 0 Å². The van der Waals surface area contributed by atoms with E-state index in [2.05, 4.69) is 47.0 Å². The molecule has 0 aromatic heterocycles. The Kier molecular flexibility index (Phi) is 7.49. The Morgan fingerprint density at radius 1 is 1.35 bits per heavy atom. The number of thiocarbonyl (C=S) groups is 1. The lowest BCUT2D eigenvalue weighted by Crippen LogP contribution is -2.37. The lowest BCUT2D eigenvalue weighted by Gasteiger charge is -2.12. The molecular weight excluding hydrogens is 306 g/mol. The van der Waals surface area contributed by atoms with Crippen molar-refractivity contribution < 1.29 is 4.74 Å². The number of nitrogens with one attached hydrogen (secondary N) is 2. The standard InChI is InChI=1S/C18H27N3OS/c1-3-4-6-15-8-10-16(11-9-15)14(2)20-21-18(23)19-13-17-7-5-12-22-17/h8-11,17H,3-7,12-13H2,1-2H3,(H2,19,21,23)/b20-14-/t17-/m0/s1. The summed E-state index contributed by atoms with van der Waals surface area (Å²) in [4.78, 5) is 0. The van der Waals surface area contributed by atoms with Crippen LogP contribution in [0.5, 0.6) is 0 Å². The molecule has 1 aromatic rings. The first kappa shape index (κ1) is 17.9. The summed E-state index contributed by atoms with van der Waals surface area (Å²) in [6.45, 7) is 5.80. The number of unbranched alkanes of at least 4 members (excludes halogenated alkanes) is 1. The molecule has 0 amide bonds. The molecule has 2 N–H and O–H groups in total. The highest BCUT2D eigenvalue weighted by molar-refractivity contribution is 7.80. The van der Waals surface area contributed by atoms with E-state index in [4.69, 9.17) is 17.0 Å². The van der Waals surface area contributed by atoms with Crippen molar-refractivity contribution in [1.82, 2.24) is 10.7 Å².